The van der Waals surface area contributed by atoms with Crippen LogP contribution in [-0.2, 0) is 0 Å². The van der Waals surface area contributed by atoms with Crippen molar-refractivity contribution in [2.24, 2.45) is 82.7 Å². The predicted octanol–water partition coefficient (Wildman–Crippen LogP) is 11.9. The molecular formula is C38H70. The zero-order valence-electron chi connectivity index (χ0n) is 30.1. The van der Waals surface area contributed by atoms with Gasteiger partial charge in [0.2, 0.25) is 0 Å². The van der Waals surface area contributed by atoms with Gasteiger partial charge in [0.15, 0.2) is 0 Å². The van der Waals surface area contributed by atoms with Gasteiger partial charge in [0.05, 0.1) is 0 Å². The molecule has 0 aromatic carbocycles. The summed E-state index contributed by atoms with van der Waals surface area (Å²) in [6.07, 6.45) is 2.71. The average molecular weight is 527 g/mol. The average Bonchev–Trinajstić information content (AvgIpc) is 2.80. The van der Waals surface area contributed by atoms with Crippen LogP contribution in [0, 0.1) is 82.7 Å². The van der Waals surface area contributed by atoms with Gasteiger partial charge in [-0.2, -0.15) is 0 Å². The van der Waals surface area contributed by atoms with E-state index in [0.29, 0.717) is 28.1 Å². The SMILES string of the molecule is CC1(C)CC2C3C(C)(C)C(C)(C)[C@H]4C(C)(C)C(C)(C)C(C)(C)C(C)(C)C4(C)C3(C)C(C)(C)CC2(C)C1(C)C. The summed E-state index contributed by atoms with van der Waals surface area (Å²) in [5.41, 5.74) is 2.77. The third-order valence-corrected chi connectivity index (χ3v) is 19.5. The predicted molar refractivity (Wildman–Crippen MR) is 168 cm³/mol. The lowest BCUT2D eigenvalue weighted by molar-refractivity contribution is -0.404. The van der Waals surface area contributed by atoms with Crippen molar-refractivity contribution in [1.29, 1.82) is 0 Å². The summed E-state index contributed by atoms with van der Waals surface area (Å²) in [6.45, 7) is 56.5. The smallest absolute Gasteiger partial charge is 0.0168 e. The van der Waals surface area contributed by atoms with E-state index in [1.54, 1.807) is 0 Å². The van der Waals surface area contributed by atoms with Gasteiger partial charge in [0.1, 0.15) is 0 Å². The Morgan fingerprint density at radius 3 is 1.29 bits per heavy atom. The van der Waals surface area contributed by atoms with Crippen molar-refractivity contribution in [1.82, 2.24) is 0 Å². The van der Waals surface area contributed by atoms with Crippen LogP contribution < -0.4 is 0 Å². The van der Waals surface area contributed by atoms with E-state index in [1.165, 1.54) is 12.8 Å². The summed E-state index contributed by atoms with van der Waals surface area (Å²) >= 11 is 0. The van der Waals surface area contributed by atoms with Crippen molar-refractivity contribution in [3.8, 4) is 0 Å². The Balaban J connectivity index is 2.21. The van der Waals surface area contributed by atoms with E-state index >= 15 is 0 Å². The van der Waals surface area contributed by atoms with Gasteiger partial charge in [-0.1, -0.05) is 145 Å². The zero-order chi connectivity index (χ0) is 30.1. The van der Waals surface area contributed by atoms with Gasteiger partial charge < -0.3 is 0 Å². The van der Waals surface area contributed by atoms with E-state index in [4.69, 9.17) is 0 Å². The maximum atomic E-state index is 2.84. The summed E-state index contributed by atoms with van der Waals surface area (Å²) in [4.78, 5) is 0. The van der Waals surface area contributed by atoms with Gasteiger partial charge in [-0.15, -0.1) is 0 Å². The summed E-state index contributed by atoms with van der Waals surface area (Å²) in [6, 6.07) is 0. The van der Waals surface area contributed by atoms with Crippen LogP contribution in [0.3, 0.4) is 0 Å². The molecule has 0 bridgehead atoms. The number of rotatable bonds is 0. The Bertz CT molecular complexity index is 1020. The molecule has 0 saturated heterocycles. The largest absolute Gasteiger partial charge is 0.0594 e. The highest BCUT2D eigenvalue weighted by molar-refractivity contribution is 5.33. The standard InChI is InChI=1S/C38H70/c1-27(2)22-24-25-29(5,6)30(7,8)26-31(9,10)33(13,14)34(15,16)35(17,18)38(26,21)37(25,20)28(3,4)23-36(24,19)32(27,11)12/h24-26H,22-23H2,1-21H3/t24?,25?,26-,36?,37?,38?/m0/s1. The first kappa shape index (κ1) is 30.9. The van der Waals surface area contributed by atoms with Gasteiger partial charge in [-0.05, 0) is 95.6 Å². The molecule has 0 nitrogen and oxygen atoms in total. The second kappa shape index (κ2) is 6.96. The summed E-state index contributed by atoms with van der Waals surface area (Å²) in [5.74, 6) is 2.03. The summed E-state index contributed by atoms with van der Waals surface area (Å²) < 4.78 is 0. The monoisotopic (exact) mass is 527 g/mol. The van der Waals surface area contributed by atoms with Gasteiger partial charge in [0, 0.05) is 0 Å². The van der Waals surface area contributed by atoms with Crippen LogP contribution in [0.15, 0.2) is 0 Å². The second-order valence-corrected chi connectivity index (χ2v) is 21.2. The van der Waals surface area contributed by atoms with Crippen molar-refractivity contribution in [3.05, 3.63) is 0 Å². The third kappa shape index (κ3) is 2.53. The fraction of sp³-hybridized carbons (Fsp3) is 1.00. The molecule has 0 aromatic heterocycles. The van der Waals surface area contributed by atoms with Crippen LogP contribution in [0.2, 0.25) is 0 Å². The van der Waals surface area contributed by atoms with E-state index in [1.807, 2.05) is 0 Å². The van der Waals surface area contributed by atoms with Crippen molar-refractivity contribution in [2.45, 2.75) is 158 Å². The second-order valence-electron chi connectivity index (χ2n) is 21.2. The topological polar surface area (TPSA) is 0 Å². The van der Waals surface area contributed by atoms with Crippen LogP contribution in [-0.4, -0.2) is 0 Å². The number of fused-ring (bicyclic) bond motifs is 5. The molecule has 0 spiro atoms. The lowest BCUT2D eigenvalue weighted by Gasteiger charge is -2.88. The number of hydrogen-bond donors (Lipinski definition) is 0. The van der Waals surface area contributed by atoms with Crippen LogP contribution in [0.4, 0.5) is 0 Å². The highest BCUT2D eigenvalue weighted by atomic mass is 14.9. The first-order valence-electron chi connectivity index (χ1n) is 16.3. The molecule has 0 aromatic rings. The molecular weight excluding hydrogens is 456 g/mol. The minimum atomic E-state index is 0.166. The fourth-order valence-electron chi connectivity index (χ4n) is 14.3. The summed E-state index contributed by atoms with van der Waals surface area (Å²) in [7, 11) is 0. The fourth-order valence-corrected chi connectivity index (χ4v) is 14.3. The molecule has 4 rings (SSSR count). The zero-order valence-corrected chi connectivity index (χ0v) is 30.1. The minimum Gasteiger partial charge on any atom is -0.0594 e. The first-order chi connectivity index (χ1) is 16.3. The Kier molecular flexibility index (Phi) is 5.67. The van der Waals surface area contributed by atoms with Gasteiger partial charge in [-0.25, -0.2) is 0 Å². The van der Waals surface area contributed by atoms with E-state index in [9.17, 15) is 0 Å². The maximum absolute atomic E-state index is 2.84. The van der Waals surface area contributed by atoms with Crippen molar-refractivity contribution >= 4 is 0 Å². The molecule has 6 atom stereocenters. The van der Waals surface area contributed by atoms with Crippen LogP contribution in [0.1, 0.15) is 158 Å². The molecule has 38 heavy (non-hydrogen) atoms. The molecule has 0 heteroatoms. The maximum Gasteiger partial charge on any atom is -0.0168 e. The normalized spacial score (nSPS) is 49.3. The third-order valence-electron chi connectivity index (χ3n) is 19.5. The molecule has 0 N–H and O–H groups in total. The van der Waals surface area contributed by atoms with Crippen molar-refractivity contribution < 1.29 is 0 Å². The molecule has 0 aliphatic heterocycles. The van der Waals surface area contributed by atoms with Gasteiger partial charge in [0.25, 0.3) is 0 Å². The van der Waals surface area contributed by atoms with E-state index in [2.05, 4.69) is 145 Å². The van der Waals surface area contributed by atoms with Gasteiger partial charge in [-0.3, -0.25) is 0 Å². The quantitative estimate of drug-likeness (QED) is 0.294. The Morgan fingerprint density at radius 2 is 0.842 bits per heavy atom. The molecule has 0 heterocycles. The lowest BCUT2D eigenvalue weighted by atomic mass is 9.16. The van der Waals surface area contributed by atoms with Gasteiger partial charge >= 0.3 is 0 Å². The van der Waals surface area contributed by atoms with Crippen LogP contribution >= 0.6 is 0 Å². The highest BCUT2D eigenvalue weighted by Crippen LogP contribution is 2.91. The van der Waals surface area contributed by atoms with Crippen molar-refractivity contribution in [3.63, 3.8) is 0 Å². The molecule has 4 saturated carbocycles. The highest BCUT2D eigenvalue weighted by Gasteiger charge is 2.86. The first-order valence-corrected chi connectivity index (χ1v) is 16.3. The molecule has 222 valence electrons. The van der Waals surface area contributed by atoms with E-state index < -0.39 is 0 Å². The Morgan fingerprint density at radius 1 is 0.395 bits per heavy atom. The molecule has 0 amide bonds. The molecule has 4 fully saturated rings. The molecule has 4 aliphatic carbocycles. The number of hydrogen-bond acceptors (Lipinski definition) is 0. The lowest BCUT2D eigenvalue weighted by Crippen LogP contribution is -2.83. The minimum absolute atomic E-state index is 0.166. The Labute approximate surface area is 240 Å². The van der Waals surface area contributed by atoms with Crippen LogP contribution in [0.5, 0.6) is 0 Å². The van der Waals surface area contributed by atoms with Crippen molar-refractivity contribution in [2.75, 3.05) is 0 Å². The molecule has 5 unspecified atom stereocenters. The molecule has 4 aliphatic rings. The summed E-state index contributed by atoms with van der Waals surface area (Å²) in [5, 5.41) is 0. The van der Waals surface area contributed by atoms with E-state index in [-0.39, 0.29) is 48.7 Å². The van der Waals surface area contributed by atoms with Crippen LogP contribution in [0.25, 0.3) is 0 Å². The molecule has 0 radical (unpaired) electrons. The Hall–Kier alpha value is 0. The van der Waals surface area contributed by atoms with E-state index in [0.717, 1.165) is 5.92 Å².